The summed E-state index contributed by atoms with van der Waals surface area (Å²) in [6.07, 6.45) is 6.15. The molecule has 0 N–H and O–H groups in total. The van der Waals surface area contributed by atoms with Crippen LogP contribution in [0.4, 0.5) is 0 Å². The van der Waals surface area contributed by atoms with Crippen LogP contribution in [-0.4, -0.2) is 28.9 Å². The molecule has 1 aromatic carbocycles. The molecule has 1 heterocycles. The van der Waals surface area contributed by atoms with Crippen molar-refractivity contribution >= 4 is 17.5 Å². The van der Waals surface area contributed by atoms with E-state index in [4.69, 9.17) is 16.0 Å². The third kappa shape index (κ3) is 4.38. The van der Waals surface area contributed by atoms with E-state index in [9.17, 15) is 4.79 Å². The van der Waals surface area contributed by atoms with Crippen LogP contribution in [-0.2, 0) is 11.2 Å². The molecule has 3 rings (SSSR count). The highest BCUT2D eigenvalue weighted by atomic mass is 35.5. The topological polar surface area (TPSA) is 46.3 Å². The molecule has 1 saturated carbocycles. The van der Waals surface area contributed by atoms with Crippen molar-refractivity contribution in [2.75, 3.05) is 13.1 Å². The Balaban J connectivity index is 1.58. The van der Waals surface area contributed by atoms with Gasteiger partial charge in [-0.2, -0.15) is 0 Å². The quantitative estimate of drug-likeness (QED) is 0.703. The fourth-order valence-electron chi connectivity index (χ4n) is 2.78. The maximum absolute atomic E-state index is 12.4. The SMILES string of the molecule is CCCN(CC1CC1)C(=O)CCc1ncc(-c2ccccc2Cl)o1. The Hall–Kier alpha value is -1.81. The van der Waals surface area contributed by atoms with Crippen LogP contribution in [0.25, 0.3) is 11.3 Å². The van der Waals surface area contributed by atoms with Crippen molar-refractivity contribution in [2.45, 2.75) is 39.0 Å². The number of halogens is 1. The highest BCUT2D eigenvalue weighted by Crippen LogP contribution is 2.30. The van der Waals surface area contributed by atoms with E-state index >= 15 is 0 Å². The van der Waals surface area contributed by atoms with Gasteiger partial charge < -0.3 is 9.32 Å². The van der Waals surface area contributed by atoms with Gasteiger partial charge in [-0.3, -0.25) is 4.79 Å². The van der Waals surface area contributed by atoms with Gasteiger partial charge in [0.25, 0.3) is 0 Å². The zero-order chi connectivity index (χ0) is 16.9. The molecule has 0 spiro atoms. The van der Waals surface area contributed by atoms with Crippen molar-refractivity contribution in [1.82, 2.24) is 9.88 Å². The van der Waals surface area contributed by atoms with E-state index in [1.807, 2.05) is 29.2 Å². The van der Waals surface area contributed by atoms with Crippen molar-refractivity contribution in [3.8, 4) is 11.3 Å². The van der Waals surface area contributed by atoms with Gasteiger partial charge in [0.1, 0.15) is 0 Å². The van der Waals surface area contributed by atoms with Gasteiger partial charge in [-0.25, -0.2) is 4.98 Å². The third-order valence-corrected chi connectivity index (χ3v) is 4.60. The number of amides is 1. The van der Waals surface area contributed by atoms with Gasteiger partial charge in [0.05, 0.1) is 11.2 Å². The van der Waals surface area contributed by atoms with E-state index in [1.165, 1.54) is 12.8 Å². The molecule has 1 aliphatic carbocycles. The lowest BCUT2D eigenvalue weighted by molar-refractivity contribution is -0.131. The molecule has 0 atom stereocenters. The van der Waals surface area contributed by atoms with Gasteiger partial charge in [-0.15, -0.1) is 0 Å². The van der Waals surface area contributed by atoms with Crippen LogP contribution in [0.1, 0.15) is 38.5 Å². The molecule has 4 nitrogen and oxygen atoms in total. The standard InChI is InChI=1S/C19H23ClN2O2/c1-2-11-22(13-14-7-8-14)19(23)10-9-18-21-12-17(24-18)15-5-3-4-6-16(15)20/h3-6,12,14H,2,7-11,13H2,1H3. The Morgan fingerprint density at radius 3 is 2.88 bits per heavy atom. The van der Waals surface area contributed by atoms with Gasteiger partial charge in [0.2, 0.25) is 5.91 Å². The molecule has 5 heteroatoms. The molecule has 0 radical (unpaired) electrons. The van der Waals surface area contributed by atoms with Crippen LogP contribution in [0.2, 0.25) is 5.02 Å². The van der Waals surface area contributed by atoms with Crippen LogP contribution in [0.15, 0.2) is 34.9 Å². The van der Waals surface area contributed by atoms with Crippen LogP contribution in [0.3, 0.4) is 0 Å². The van der Waals surface area contributed by atoms with Gasteiger partial charge >= 0.3 is 0 Å². The molecular weight excluding hydrogens is 324 g/mol. The molecule has 24 heavy (non-hydrogen) atoms. The lowest BCUT2D eigenvalue weighted by Crippen LogP contribution is -2.33. The third-order valence-electron chi connectivity index (χ3n) is 4.27. The number of aryl methyl sites for hydroxylation is 1. The van der Waals surface area contributed by atoms with E-state index < -0.39 is 0 Å². The molecule has 128 valence electrons. The molecule has 0 aliphatic heterocycles. The first-order valence-corrected chi connectivity index (χ1v) is 9.02. The minimum atomic E-state index is 0.196. The number of carbonyl (C=O) groups excluding carboxylic acids is 1. The Bertz CT molecular complexity index is 694. The lowest BCUT2D eigenvalue weighted by atomic mass is 10.2. The predicted molar refractivity (Wildman–Crippen MR) is 94.9 cm³/mol. The second kappa shape index (κ2) is 7.84. The van der Waals surface area contributed by atoms with E-state index in [-0.39, 0.29) is 5.91 Å². The number of aromatic nitrogens is 1. The number of benzene rings is 1. The summed E-state index contributed by atoms with van der Waals surface area (Å²) < 4.78 is 5.77. The zero-order valence-electron chi connectivity index (χ0n) is 14.0. The number of hydrogen-bond acceptors (Lipinski definition) is 3. The largest absolute Gasteiger partial charge is 0.441 e. The van der Waals surface area contributed by atoms with Crippen LogP contribution >= 0.6 is 11.6 Å². The lowest BCUT2D eigenvalue weighted by Gasteiger charge is -2.21. The minimum absolute atomic E-state index is 0.196. The monoisotopic (exact) mass is 346 g/mol. The molecule has 1 aliphatic rings. The molecule has 2 aromatic rings. The molecule has 0 unspecified atom stereocenters. The van der Waals surface area contributed by atoms with Gasteiger partial charge in [0, 0.05) is 31.5 Å². The first-order valence-electron chi connectivity index (χ1n) is 8.64. The Morgan fingerprint density at radius 1 is 1.38 bits per heavy atom. The number of nitrogens with zero attached hydrogens (tertiary/aromatic N) is 2. The van der Waals surface area contributed by atoms with Crippen LogP contribution in [0.5, 0.6) is 0 Å². The van der Waals surface area contributed by atoms with E-state index in [1.54, 1.807) is 6.20 Å². The minimum Gasteiger partial charge on any atom is -0.441 e. The maximum Gasteiger partial charge on any atom is 0.223 e. The fraction of sp³-hybridized carbons (Fsp3) is 0.474. The van der Waals surface area contributed by atoms with Crippen molar-refractivity contribution in [2.24, 2.45) is 5.92 Å². The fourth-order valence-corrected chi connectivity index (χ4v) is 3.01. The van der Waals surface area contributed by atoms with Gasteiger partial charge in [0.15, 0.2) is 11.7 Å². The Labute approximate surface area is 147 Å². The summed E-state index contributed by atoms with van der Waals surface area (Å²) in [4.78, 5) is 18.7. The maximum atomic E-state index is 12.4. The average molecular weight is 347 g/mol. The summed E-state index contributed by atoms with van der Waals surface area (Å²) in [6.45, 7) is 3.85. The van der Waals surface area contributed by atoms with Gasteiger partial charge in [-0.1, -0.05) is 30.7 Å². The van der Waals surface area contributed by atoms with Crippen molar-refractivity contribution < 1.29 is 9.21 Å². The predicted octanol–water partition coefficient (Wildman–Crippen LogP) is 4.58. The second-order valence-electron chi connectivity index (χ2n) is 6.38. The molecule has 0 bridgehead atoms. The van der Waals surface area contributed by atoms with E-state index in [0.717, 1.165) is 25.1 Å². The first-order chi connectivity index (χ1) is 11.7. The first kappa shape index (κ1) is 17.0. The Morgan fingerprint density at radius 2 is 2.17 bits per heavy atom. The summed E-state index contributed by atoms with van der Waals surface area (Å²) in [7, 11) is 0. The highest BCUT2D eigenvalue weighted by Gasteiger charge is 2.26. The molecule has 0 saturated heterocycles. The van der Waals surface area contributed by atoms with Gasteiger partial charge in [-0.05, 0) is 37.3 Å². The number of rotatable bonds is 8. The number of oxazole rings is 1. The van der Waals surface area contributed by atoms with Crippen molar-refractivity contribution in [1.29, 1.82) is 0 Å². The summed E-state index contributed by atoms with van der Waals surface area (Å²) in [5, 5.41) is 0.634. The van der Waals surface area contributed by atoms with E-state index in [0.29, 0.717) is 35.4 Å². The summed E-state index contributed by atoms with van der Waals surface area (Å²) in [5.41, 5.74) is 0.825. The normalized spacial score (nSPS) is 13.9. The highest BCUT2D eigenvalue weighted by molar-refractivity contribution is 6.33. The Kier molecular flexibility index (Phi) is 5.56. The number of hydrogen-bond donors (Lipinski definition) is 0. The van der Waals surface area contributed by atoms with Crippen molar-refractivity contribution in [3.05, 3.63) is 41.4 Å². The van der Waals surface area contributed by atoms with Crippen LogP contribution in [0, 0.1) is 5.92 Å². The second-order valence-corrected chi connectivity index (χ2v) is 6.79. The molecular formula is C19H23ClN2O2. The smallest absolute Gasteiger partial charge is 0.223 e. The molecule has 1 fully saturated rings. The summed E-state index contributed by atoms with van der Waals surface area (Å²) in [6, 6.07) is 7.51. The number of carbonyl (C=O) groups is 1. The average Bonchev–Trinajstić information content (AvgIpc) is 3.28. The summed E-state index contributed by atoms with van der Waals surface area (Å²) >= 11 is 6.18. The van der Waals surface area contributed by atoms with Crippen LogP contribution < -0.4 is 0 Å². The molecule has 1 aromatic heterocycles. The van der Waals surface area contributed by atoms with E-state index in [2.05, 4.69) is 11.9 Å². The zero-order valence-corrected chi connectivity index (χ0v) is 14.8. The molecule has 1 amide bonds. The summed E-state index contributed by atoms with van der Waals surface area (Å²) in [5.74, 6) is 2.14. The van der Waals surface area contributed by atoms with Crippen molar-refractivity contribution in [3.63, 3.8) is 0 Å².